The van der Waals surface area contributed by atoms with E-state index in [0.717, 1.165) is 33.7 Å². The van der Waals surface area contributed by atoms with Gasteiger partial charge in [0.15, 0.2) is 0 Å². The van der Waals surface area contributed by atoms with Gasteiger partial charge in [-0.1, -0.05) is 15.9 Å². The van der Waals surface area contributed by atoms with Gasteiger partial charge in [0.25, 0.3) is 5.69 Å². The number of nitro benzene ring substituents is 1. The number of nitrogens with zero attached hydrogens (tertiary/aromatic N) is 1. The fraction of sp³-hybridized carbons (Fsp3) is 0.600. The number of rotatable bonds is 4. The molecular weight excluding hydrogens is 320 g/mol. The second kappa shape index (κ2) is 4.53. The maximum Gasteiger partial charge on any atom is 0.273 e. The number of hydrogen-bond acceptors (Lipinski definition) is 3. The Morgan fingerprint density at radius 3 is 2.65 bits per heavy atom. The van der Waals surface area contributed by atoms with Crippen molar-refractivity contribution in [3.05, 3.63) is 38.3 Å². The van der Waals surface area contributed by atoms with Gasteiger partial charge in [-0.05, 0) is 55.1 Å². The molecule has 106 valence electrons. The number of nitrogens with one attached hydrogen (secondary N) is 1. The minimum absolute atomic E-state index is 0.217. The van der Waals surface area contributed by atoms with Gasteiger partial charge in [0.05, 0.1) is 4.92 Å². The van der Waals surface area contributed by atoms with Crippen molar-refractivity contribution in [2.45, 2.75) is 31.8 Å². The van der Waals surface area contributed by atoms with Gasteiger partial charge in [-0.2, -0.15) is 0 Å². The van der Waals surface area contributed by atoms with Gasteiger partial charge in [0, 0.05) is 28.7 Å². The van der Waals surface area contributed by atoms with E-state index < -0.39 is 0 Å². The van der Waals surface area contributed by atoms with Gasteiger partial charge in [-0.25, -0.2) is 0 Å². The molecule has 1 N–H and O–H groups in total. The van der Waals surface area contributed by atoms with Gasteiger partial charge in [0.1, 0.15) is 0 Å². The van der Waals surface area contributed by atoms with Crippen molar-refractivity contribution in [1.29, 1.82) is 0 Å². The van der Waals surface area contributed by atoms with Crippen LogP contribution in [0.25, 0.3) is 0 Å². The summed E-state index contributed by atoms with van der Waals surface area (Å²) in [6.07, 6.45) is 4.24. The molecular formula is C15H17BrN2O2. The summed E-state index contributed by atoms with van der Waals surface area (Å²) in [6, 6.07) is 5.78. The third kappa shape index (κ3) is 1.91. The molecule has 0 amide bonds. The van der Waals surface area contributed by atoms with E-state index in [-0.39, 0.29) is 10.6 Å². The van der Waals surface area contributed by atoms with E-state index in [0.29, 0.717) is 12.6 Å². The third-order valence-corrected chi connectivity index (χ3v) is 6.00. The van der Waals surface area contributed by atoms with Gasteiger partial charge < -0.3 is 5.32 Å². The number of nitro groups is 1. The first-order valence-electron chi connectivity index (χ1n) is 7.31. The molecule has 0 spiro atoms. The Kier molecular flexibility index (Phi) is 2.89. The molecule has 3 aliphatic carbocycles. The van der Waals surface area contributed by atoms with Crippen molar-refractivity contribution >= 4 is 21.6 Å². The highest BCUT2D eigenvalue weighted by Gasteiger charge is 2.64. The summed E-state index contributed by atoms with van der Waals surface area (Å²) in [5.41, 5.74) is 0.996. The number of fused-ring (bicyclic) bond motifs is 5. The van der Waals surface area contributed by atoms with Crippen LogP contribution >= 0.6 is 15.9 Å². The normalized spacial score (nSPS) is 37.0. The van der Waals surface area contributed by atoms with Gasteiger partial charge in [0.2, 0.25) is 0 Å². The van der Waals surface area contributed by atoms with Crippen molar-refractivity contribution in [2.75, 3.05) is 0 Å². The number of halogens is 1. The molecule has 4 nitrogen and oxygen atoms in total. The predicted octanol–water partition coefficient (Wildman–Crippen LogP) is 3.49. The van der Waals surface area contributed by atoms with E-state index >= 15 is 0 Å². The first-order chi connectivity index (χ1) is 9.65. The Labute approximate surface area is 126 Å². The third-order valence-electron chi connectivity index (χ3n) is 5.50. The highest BCUT2D eigenvalue weighted by molar-refractivity contribution is 9.10. The Morgan fingerprint density at radius 1 is 1.30 bits per heavy atom. The highest BCUT2D eigenvalue weighted by Crippen LogP contribution is 2.65. The van der Waals surface area contributed by atoms with Crippen LogP contribution in [0.1, 0.15) is 24.8 Å². The van der Waals surface area contributed by atoms with E-state index in [1.165, 1.54) is 19.3 Å². The van der Waals surface area contributed by atoms with E-state index in [2.05, 4.69) is 21.2 Å². The van der Waals surface area contributed by atoms with Gasteiger partial charge >= 0.3 is 0 Å². The molecule has 0 aromatic heterocycles. The van der Waals surface area contributed by atoms with E-state index in [4.69, 9.17) is 0 Å². The molecule has 0 saturated heterocycles. The largest absolute Gasteiger partial charge is 0.309 e. The standard InChI is InChI=1S/C15H17BrN2O2/c16-11-3-4-12(18(19)20)10(6-11)7-17-15-13-8-1-2-9(5-8)14(13)15/h3-4,6,8-9,13-15,17H,1-2,5,7H2. The Hall–Kier alpha value is -0.940. The SMILES string of the molecule is O=[N+]([O-])c1ccc(Br)cc1CNC1C2C3CCC(C3)C12. The second-order valence-corrected chi connectivity index (χ2v) is 7.34. The lowest BCUT2D eigenvalue weighted by Gasteiger charge is -2.11. The first-order valence-corrected chi connectivity index (χ1v) is 8.10. The van der Waals surface area contributed by atoms with Crippen LogP contribution in [0.4, 0.5) is 5.69 Å². The molecule has 4 unspecified atom stereocenters. The average Bonchev–Trinajstić information content (AvgIpc) is 2.79. The van der Waals surface area contributed by atoms with Crippen LogP contribution in [0.2, 0.25) is 0 Å². The smallest absolute Gasteiger partial charge is 0.273 e. The predicted molar refractivity (Wildman–Crippen MR) is 79.2 cm³/mol. The monoisotopic (exact) mass is 336 g/mol. The summed E-state index contributed by atoms with van der Waals surface area (Å²) in [7, 11) is 0. The van der Waals surface area contributed by atoms with Crippen LogP contribution in [-0.4, -0.2) is 11.0 Å². The Morgan fingerprint density at radius 2 is 2.00 bits per heavy atom. The molecule has 5 heteroatoms. The fourth-order valence-corrected chi connectivity index (χ4v) is 5.11. The molecule has 1 aromatic carbocycles. The van der Waals surface area contributed by atoms with Crippen molar-refractivity contribution in [3.8, 4) is 0 Å². The first kappa shape index (κ1) is 12.8. The average molecular weight is 337 g/mol. The molecule has 2 bridgehead atoms. The van der Waals surface area contributed by atoms with E-state index in [1.54, 1.807) is 12.1 Å². The van der Waals surface area contributed by atoms with E-state index in [1.807, 2.05) is 6.07 Å². The molecule has 3 saturated carbocycles. The minimum atomic E-state index is -0.291. The zero-order chi connectivity index (χ0) is 13.9. The van der Waals surface area contributed by atoms with Crippen LogP contribution in [0.5, 0.6) is 0 Å². The molecule has 4 atom stereocenters. The molecule has 4 rings (SSSR count). The lowest BCUT2D eigenvalue weighted by molar-refractivity contribution is -0.385. The van der Waals surface area contributed by atoms with Crippen LogP contribution < -0.4 is 5.32 Å². The van der Waals surface area contributed by atoms with Crippen LogP contribution in [0.3, 0.4) is 0 Å². The zero-order valence-electron chi connectivity index (χ0n) is 11.1. The van der Waals surface area contributed by atoms with Crippen LogP contribution in [0.15, 0.2) is 22.7 Å². The highest BCUT2D eigenvalue weighted by atomic mass is 79.9. The minimum Gasteiger partial charge on any atom is -0.309 e. The summed E-state index contributed by atoms with van der Waals surface area (Å²) in [6.45, 7) is 0.604. The zero-order valence-corrected chi connectivity index (χ0v) is 12.7. The maximum absolute atomic E-state index is 11.1. The van der Waals surface area contributed by atoms with Crippen LogP contribution in [0, 0.1) is 33.8 Å². The summed E-state index contributed by atoms with van der Waals surface area (Å²) in [5, 5.41) is 14.6. The summed E-state index contributed by atoms with van der Waals surface area (Å²) in [4.78, 5) is 10.8. The lowest BCUT2D eigenvalue weighted by atomic mass is 10.0. The molecule has 0 radical (unpaired) electrons. The molecule has 0 aliphatic heterocycles. The summed E-state index contributed by atoms with van der Waals surface area (Å²) in [5.74, 6) is 3.58. The van der Waals surface area contributed by atoms with Gasteiger partial charge in [-0.15, -0.1) is 0 Å². The quantitative estimate of drug-likeness (QED) is 0.676. The molecule has 3 fully saturated rings. The van der Waals surface area contributed by atoms with Crippen molar-refractivity contribution in [1.82, 2.24) is 5.32 Å². The van der Waals surface area contributed by atoms with Crippen LogP contribution in [-0.2, 0) is 6.54 Å². The molecule has 0 heterocycles. The lowest BCUT2D eigenvalue weighted by Crippen LogP contribution is -2.23. The number of benzene rings is 1. The second-order valence-electron chi connectivity index (χ2n) is 6.42. The maximum atomic E-state index is 11.1. The molecule has 3 aliphatic rings. The topological polar surface area (TPSA) is 55.2 Å². The summed E-state index contributed by atoms with van der Waals surface area (Å²) >= 11 is 3.40. The Bertz CT molecular complexity index is 561. The van der Waals surface area contributed by atoms with Crippen molar-refractivity contribution in [2.24, 2.45) is 23.7 Å². The fourth-order valence-electron chi connectivity index (χ4n) is 4.70. The molecule has 20 heavy (non-hydrogen) atoms. The molecule has 1 aromatic rings. The van der Waals surface area contributed by atoms with Gasteiger partial charge in [-0.3, -0.25) is 10.1 Å². The van der Waals surface area contributed by atoms with Crippen molar-refractivity contribution in [3.63, 3.8) is 0 Å². The number of hydrogen-bond donors (Lipinski definition) is 1. The summed E-state index contributed by atoms with van der Waals surface area (Å²) < 4.78 is 0.899. The van der Waals surface area contributed by atoms with Crippen molar-refractivity contribution < 1.29 is 4.92 Å². The Balaban J connectivity index is 1.46. The van der Waals surface area contributed by atoms with E-state index in [9.17, 15) is 10.1 Å².